The van der Waals surface area contributed by atoms with Crippen molar-refractivity contribution in [2.45, 2.75) is 32.6 Å². The number of pyridine rings is 1. The van der Waals surface area contributed by atoms with E-state index < -0.39 is 0 Å². The fourth-order valence-corrected chi connectivity index (χ4v) is 2.16. The highest BCUT2D eigenvalue weighted by atomic mass is 14.7. The molecule has 0 saturated carbocycles. The second-order valence-corrected chi connectivity index (χ2v) is 4.90. The standard InChI is InChI=1S/C18H22N2/c1-2-3-4-8-13-19-15-16-10-5-6-11-17(16)18-12-7-9-14-20-18/h5-7,9-12,14-15H,2-4,8,13H2,1H3. The first-order chi connectivity index (χ1) is 9.92. The molecule has 0 spiro atoms. The molecular formula is C18H22N2. The second-order valence-electron chi connectivity index (χ2n) is 4.90. The van der Waals surface area contributed by atoms with E-state index in [4.69, 9.17) is 0 Å². The Morgan fingerprint density at radius 3 is 2.65 bits per heavy atom. The van der Waals surface area contributed by atoms with E-state index in [1.165, 1.54) is 25.7 Å². The van der Waals surface area contributed by atoms with Gasteiger partial charge in [-0.1, -0.05) is 56.5 Å². The zero-order valence-corrected chi connectivity index (χ0v) is 12.1. The van der Waals surface area contributed by atoms with Crippen molar-refractivity contribution in [3.05, 3.63) is 54.2 Å². The van der Waals surface area contributed by atoms with Crippen LogP contribution in [0.1, 0.15) is 38.2 Å². The number of rotatable bonds is 7. The second kappa shape index (κ2) is 8.26. The van der Waals surface area contributed by atoms with Crippen LogP contribution in [0.4, 0.5) is 0 Å². The summed E-state index contributed by atoms with van der Waals surface area (Å²) < 4.78 is 0. The van der Waals surface area contributed by atoms with Crippen LogP contribution in [-0.2, 0) is 0 Å². The molecule has 0 bridgehead atoms. The third-order valence-corrected chi connectivity index (χ3v) is 3.27. The Morgan fingerprint density at radius 2 is 1.85 bits per heavy atom. The monoisotopic (exact) mass is 266 g/mol. The molecule has 1 aromatic heterocycles. The Kier molecular flexibility index (Phi) is 5.97. The average molecular weight is 266 g/mol. The van der Waals surface area contributed by atoms with Gasteiger partial charge in [0.15, 0.2) is 0 Å². The van der Waals surface area contributed by atoms with Crippen molar-refractivity contribution < 1.29 is 0 Å². The third-order valence-electron chi connectivity index (χ3n) is 3.27. The van der Waals surface area contributed by atoms with Crippen LogP contribution in [0.2, 0.25) is 0 Å². The van der Waals surface area contributed by atoms with E-state index in [9.17, 15) is 0 Å². The largest absolute Gasteiger partial charge is 0.293 e. The lowest BCUT2D eigenvalue weighted by molar-refractivity contribution is 0.676. The summed E-state index contributed by atoms with van der Waals surface area (Å²) in [6.07, 6.45) is 8.84. The first kappa shape index (κ1) is 14.4. The Hall–Kier alpha value is -1.96. The number of aromatic nitrogens is 1. The van der Waals surface area contributed by atoms with Gasteiger partial charge in [0.1, 0.15) is 0 Å². The maximum absolute atomic E-state index is 4.55. The molecule has 0 radical (unpaired) electrons. The summed E-state index contributed by atoms with van der Waals surface area (Å²) in [6, 6.07) is 14.3. The van der Waals surface area contributed by atoms with Gasteiger partial charge in [-0.25, -0.2) is 0 Å². The molecule has 0 fully saturated rings. The van der Waals surface area contributed by atoms with Crippen LogP contribution in [0.25, 0.3) is 11.3 Å². The first-order valence-corrected chi connectivity index (χ1v) is 7.42. The summed E-state index contributed by atoms with van der Waals surface area (Å²) in [6.45, 7) is 3.14. The fourth-order valence-electron chi connectivity index (χ4n) is 2.16. The molecule has 0 N–H and O–H groups in total. The molecule has 0 aliphatic heterocycles. The Labute approximate surface area is 121 Å². The Bertz CT molecular complexity index is 532. The first-order valence-electron chi connectivity index (χ1n) is 7.42. The van der Waals surface area contributed by atoms with Crippen LogP contribution in [0, 0.1) is 0 Å². The summed E-state index contributed by atoms with van der Waals surface area (Å²) in [7, 11) is 0. The van der Waals surface area contributed by atoms with Crippen molar-refractivity contribution >= 4 is 6.21 Å². The van der Waals surface area contributed by atoms with E-state index in [2.05, 4.69) is 29.0 Å². The molecule has 104 valence electrons. The van der Waals surface area contributed by atoms with Crippen molar-refractivity contribution in [1.29, 1.82) is 0 Å². The molecule has 0 amide bonds. The molecule has 0 atom stereocenters. The van der Waals surface area contributed by atoms with Crippen molar-refractivity contribution in [3.63, 3.8) is 0 Å². The van der Waals surface area contributed by atoms with Gasteiger partial charge >= 0.3 is 0 Å². The lowest BCUT2D eigenvalue weighted by Gasteiger charge is -2.04. The Morgan fingerprint density at radius 1 is 1.00 bits per heavy atom. The molecule has 20 heavy (non-hydrogen) atoms. The maximum Gasteiger partial charge on any atom is 0.0708 e. The minimum atomic E-state index is 0.913. The highest BCUT2D eigenvalue weighted by Gasteiger charge is 2.02. The van der Waals surface area contributed by atoms with Gasteiger partial charge in [0.25, 0.3) is 0 Å². The molecule has 2 aromatic rings. The van der Waals surface area contributed by atoms with Gasteiger partial charge in [-0.05, 0) is 18.6 Å². The molecule has 2 nitrogen and oxygen atoms in total. The smallest absolute Gasteiger partial charge is 0.0708 e. The summed E-state index contributed by atoms with van der Waals surface area (Å²) in [5.41, 5.74) is 3.28. The Balaban J connectivity index is 2.03. The molecule has 0 saturated heterocycles. The summed E-state index contributed by atoms with van der Waals surface area (Å²) in [5, 5.41) is 0. The minimum absolute atomic E-state index is 0.913. The van der Waals surface area contributed by atoms with E-state index >= 15 is 0 Å². The zero-order chi connectivity index (χ0) is 14.0. The summed E-state index contributed by atoms with van der Waals surface area (Å²) >= 11 is 0. The topological polar surface area (TPSA) is 25.2 Å². The number of benzene rings is 1. The van der Waals surface area contributed by atoms with Crippen LogP contribution >= 0.6 is 0 Å². The van der Waals surface area contributed by atoms with Crippen molar-refractivity contribution in [2.75, 3.05) is 6.54 Å². The molecule has 1 heterocycles. The van der Waals surface area contributed by atoms with Gasteiger partial charge in [-0.2, -0.15) is 0 Å². The van der Waals surface area contributed by atoms with Crippen molar-refractivity contribution in [3.8, 4) is 11.3 Å². The van der Waals surface area contributed by atoms with E-state index in [0.717, 1.165) is 23.4 Å². The highest BCUT2D eigenvalue weighted by Crippen LogP contribution is 2.19. The van der Waals surface area contributed by atoms with Gasteiger partial charge in [0.05, 0.1) is 5.69 Å². The molecule has 0 aliphatic carbocycles. The maximum atomic E-state index is 4.55. The van der Waals surface area contributed by atoms with Crippen LogP contribution in [0.5, 0.6) is 0 Å². The predicted molar refractivity (Wildman–Crippen MR) is 86.3 cm³/mol. The summed E-state index contributed by atoms with van der Waals surface area (Å²) in [4.78, 5) is 8.96. The van der Waals surface area contributed by atoms with Crippen molar-refractivity contribution in [2.24, 2.45) is 4.99 Å². The lowest BCUT2D eigenvalue weighted by Crippen LogP contribution is -1.91. The van der Waals surface area contributed by atoms with E-state index in [0.29, 0.717) is 0 Å². The molecule has 0 unspecified atom stereocenters. The number of aliphatic imine (C=N–C) groups is 1. The van der Waals surface area contributed by atoms with Crippen molar-refractivity contribution in [1.82, 2.24) is 4.98 Å². The van der Waals surface area contributed by atoms with Crippen LogP contribution < -0.4 is 0 Å². The van der Waals surface area contributed by atoms with Crippen LogP contribution in [0.15, 0.2) is 53.7 Å². The highest BCUT2D eigenvalue weighted by molar-refractivity contribution is 5.89. The van der Waals surface area contributed by atoms with Gasteiger partial charge in [-0.3, -0.25) is 9.98 Å². The average Bonchev–Trinajstić information content (AvgIpc) is 2.52. The lowest BCUT2D eigenvalue weighted by atomic mass is 10.0. The quantitative estimate of drug-likeness (QED) is 0.524. The van der Waals surface area contributed by atoms with E-state index in [1.54, 1.807) is 0 Å². The zero-order valence-electron chi connectivity index (χ0n) is 12.1. The van der Waals surface area contributed by atoms with Crippen LogP contribution in [0.3, 0.4) is 0 Å². The third kappa shape index (κ3) is 4.30. The molecule has 1 aromatic carbocycles. The number of hydrogen-bond acceptors (Lipinski definition) is 2. The molecule has 0 aliphatic rings. The fraction of sp³-hybridized carbons (Fsp3) is 0.333. The molecule has 2 rings (SSSR count). The normalized spacial score (nSPS) is 11.1. The van der Waals surface area contributed by atoms with Gasteiger partial charge in [0.2, 0.25) is 0 Å². The number of hydrogen-bond donors (Lipinski definition) is 0. The van der Waals surface area contributed by atoms with E-state index in [1.807, 2.05) is 42.7 Å². The molecule has 2 heteroatoms. The van der Waals surface area contributed by atoms with E-state index in [-0.39, 0.29) is 0 Å². The summed E-state index contributed by atoms with van der Waals surface area (Å²) in [5.74, 6) is 0. The van der Waals surface area contributed by atoms with Gasteiger partial charge in [0, 0.05) is 30.1 Å². The number of unbranched alkanes of at least 4 members (excludes halogenated alkanes) is 3. The van der Waals surface area contributed by atoms with Gasteiger partial charge in [-0.15, -0.1) is 0 Å². The minimum Gasteiger partial charge on any atom is -0.293 e. The van der Waals surface area contributed by atoms with Crippen LogP contribution in [-0.4, -0.2) is 17.7 Å². The SMILES string of the molecule is CCCCCCN=Cc1ccccc1-c1ccccn1. The van der Waals surface area contributed by atoms with Gasteiger partial charge < -0.3 is 0 Å². The predicted octanol–water partition coefficient (Wildman–Crippen LogP) is 4.75. The number of nitrogens with zero attached hydrogens (tertiary/aromatic N) is 2. The molecular weight excluding hydrogens is 244 g/mol.